The maximum absolute atomic E-state index is 14.1. The van der Waals surface area contributed by atoms with Crippen LogP contribution in [0.5, 0.6) is 0 Å². The van der Waals surface area contributed by atoms with E-state index >= 15 is 0 Å². The lowest BCUT2D eigenvalue weighted by Gasteiger charge is -2.13. The Bertz CT molecular complexity index is 2210. The summed E-state index contributed by atoms with van der Waals surface area (Å²) in [4.78, 5) is 36.9. The Morgan fingerprint density at radius 3 is 2.59 bits per heavy atom. The number of sulfonamides is 1. The van der Waals surface area contributed by atoms with E-state index in [1.165, 1.54) is 35.1 Å². The van der Waals surface area contributed by atoms with Crippen molar-refractivity contribution in [3.8, 4) is 22.4 Å². The Balaban J connectivity index is 1.57. The van der Waals surface area contributed by atoms with Crippen LogP contribution in [0.4, 0.5) is 15.9 Å². The first-order valence-electron chi connectivity index (χ1n) is 12.2. The molecule has 0 atom stereocenters. The van der Waals surface area contributed by atoms with Gasteiger partial charge in [-0.2, -0.15) is 5.10 Å². The molecule has 6 aromatic rings. The van der Waals surface area contributed by atoms with Gasteiger partial charge in [0.05, 0.1) is 23.8 Å². The second-order valence-corrected chi connectivity index (χ2v) is 11.1. The molecule has 0 unspecified atom stereocenters. The average molecular weight is 573 g/mol. The summed E-state index contributed by atoms with van der Waals surface area (Å²) in [5.74, 6) is -0.440. The number of hydrogen-bond donors (Lipinski definition) is 3. The van der Waals surface area contributed by atoms with Crippen LogP contribution in [0.25, 0.3) is 38.9 Å². The van der Waals surface area contributed by atoms with Crippen molar-refractivity contribution in [2.24, 2.45) is 0 Å². The molecule has 0 bridgehead atoms. The number of pyridine rings is 3. The highest BCUT2D eigenvalue weighted by atomic mass is 32.2. The second-order valence-electron chi connectivity index (χ2n) is 9.33. The summed E-state index contributed by atoms with van der Waals surface area (Å²) in [5, 5.41) is 5.07. The number of halogens is 1. The zero-order chi connectivity index (χ0) is 28.9. The van der Waals surface area contributed by atoms with E-state index in [2.05, 4.69) is 19.7 Å². The van der Waals surface area contributed by atoms with Gasteiger partial charge < -0.3 is 10.7 Å². The molecule has 5 heterocycles. The Morgan fingerprint density at radius 2 is 1.83 bits per heavy atom. The summed E-state index contributed by atoms with van der Waals surface area (Å²) in [6.07, 6.45) is 4.72. The van der Waals surface area contributed by atoms with Crippen LogP contribution < -0.4 is 21.6 Å². The molecular weight excluding hydrogens is 551 g/mol. The topological polar surface area (TPSA) is 170 Å². The third-order valence-corrected chi connectivity index (χ3v) is 7.02. The lowest BCUT2D eigenvalue weighted by molar-refractivity contribution is 0.606. The molecule has 206 valence electrons. The van der Waals surface area contributed by atoms with Gasteiger partial charge >= 0.3 is 0 Å². The number of rotatable bonds is 6. The Labute approximate surface area is 231 Å². The van der Waals surface area contributed by atoms with Gasteiger partial charge in [-0.15, -0.1) is 0 Å². The smallest absolute Gasteiger partial charge is 0.272 e. The maximum atomic E-state index is 14.1. The third kappa shape index (κ3) is 4.80. The van der Waals surface area contributed by atoms with Crippen molar-refractivity contribution in [1.82, 2.24) is 29.1 Å². The third-order valence-electron chi connectivity index (χ3n) is 6.43. The lowest BCUT2D eigenvalue weighted by atomic mass is 10.0. The summed E-state index contributed by atoms with van der Waals surface area (Å²) < 4.78 is 42.6. The van der Waals surface area contributed by atoms with Crippen LogP contribution in [0.15, 0.2) is 82.9 Å². The molecule has 0 amide bonds. The molecule has 5 aromatic heterocycles. The molecular formula is C27H21FN8O4S. The first kappa shape index (κ1) is 25.9. The fraction of sp³-hybridized carbons (Fsp3) is 0.0741. The Hall–Kier alpha value is -5.37. The highest BCUT2D eigenvalue weighted by Crippen LogP contribution is 2.32. The van der Waals surface area contributed by atoms with Gasteiger partial charge in [0.1, 0.15) is 29.3 Å². The van der Waals surface area contributed by atoms with Crippen molar-refractivity contribution in [2.45, 2.75) is 6.54 Å². The molecule has 41 heavy (non-hydrogen) atoms. The van der Waals surface area contributed by atoms with Crippen LogP contribution >= 0.6 is 0 Å². The zero-order valence-electron chi connectivity index (χ0n) is 21.4. The zero-order valence-corrected chi connectivity index (χ0v) is 22.2. The van der Waals surface area contributed by atoms with E-state index in [4.69, 9.17) is 10.8 Å². The predicted molar refractivity (Wildman–Crippen MR) is 152 cm³/mol. The van der Waals surface area contributed by atoms with Crippen LogP contribution in [-0.4, -0.2) is 43.8 Å². The molecule has 4 N–H and O–H groups in total. The number of nitrogens with one attached hydrogen (secondary N) is 2. The first-order valence-corrected chi connectivity index (χ1v) is 14.1. The van der Waals surface area contributed by atoms with Crippen LogP contribution in [0.3, 0.4) is 0 Å². The van der Waals surface area contributed by atoms with Crippen molar-refractivity contribution < 1.29 is 12.8 Å². The van der Waals surface area contributed by atoms with Gasteiger partial charge in [0.25, 0.3) is 11.1 Å². The number of benzene rings is 1. The van der Waals surface area contributed by atoms with E-state index in [0.29, 0.717) is 38.8 Å². The van der Waals surface area contributed by atoms with Crippen molar-refractivity contribution in [3.05, 3.63) is 105 Å². The highest BCUT2D eigenvalue weighted by Gasteiger charge is 2.21. The molecule has 0 saturated carbocycles. The number of aromatic nitrogens is 6. The molecule has 12 nitrogen and oxygen atoms in total. The van der Waals surface area contributed by atoms with Crippen molar-refractivity contribution in [3.63, 3.8) is 0 Å². The van der Waals surface area contributed by atoms with E-state index in [1.807, 2.05) is 6.07 Å². The van der Waals surface area contributed by atoms with Crippen molar-refractivity contribution >= 4 is 38.1 Å². The second kappa shape index (κ2) is 9.67. The van der Waals surface area contributed by atoms with Gasteiger partial charge in [0.2, 0.25) is 10.0 Å². The highest BCUT2D eigenvalue weighted by molar-refractivity contribution is 7.92. The number of nitrogens with zero attached hydrogens (tertiary/aromatic N) is 5. The standard InChI is InChI=1S/C27H21FN8O4S/c1-41(39,40)34-20-10-16(11-30-26(20)37)23-22-24(29)31-14-32-25(22)36(33-23)12-17-9-19-8-7-18(28)13-35(19)27(38)21(17)15-5-3-2-4-6-15/h2-11,13-14,34H,12H2,1H3,(H,30,37)(H2,29,31,32). The van der Waals surface area contributed by atoms with Gasteiger partial charge in [-0.05, 0) is 35.4 Å². The van der Waals surface area contributed by atoms with Gasteiger partial charge in [-0.1, -0.05) is 30.3 Å². The maximum Gasteiger partial charge on any atom is 0.272 e. The van der Waals surface area contributed by atoms with Crippen LogP contribution in [0.2, 0.25) is 0 Å². The SMILES string of the molecule is CS(=O)(=O)Nc1cc(-c2nn(Cc3cc4ccc(F)cn4c(=O)c3-c3ccccc3)c3ncnc(N)c23)c[nH]c1=O. The van der Waals surface area contributed by atoms with E-state index in [0.717, 1.165) is 12.5 Å². The van der Waals surface area contributed by atoms with Gasteiger partial charge in [-0.25, -0.2) is 27.5 Å². The van der Waals surface area contributed by atoms with E-state index in [1.54, 1.807) is 35.0 Å². The molecule has 14 heteroatoms. The molecule has 0 aliphatic carbocycles. The average Bonchev–Trinajstić information content (AvgIpc) is 3.30. The van der Waals surface area contributed by atoms with Gasteiger partial charge in [0.15, 0.2) is 5.65 Å². The van der Waals surface area contributed by atoms with Crippen molar-refractivity contribution in [1.29, 1.82) is 0 Å². The summed E-state index contributed by atoms with van der Waals surface area (Å²) >= 11 is 0. The molecule has 0 radical (unpaired) electrons. The summed E-state index contributed by atoms with van der Waals surface area (Å²) in [7, 11) is -3.74. The van der Waals surface area contributed by atoms with Crippen molar-refractivity contribution in [2.75, 3.05) is 16.7 Å². The molecule has 0 aliphatic heterocycles. The predicted octanol–water partition coefficient (Wildman–Crippen LogP) is 2.60. The lowest BCUT2D eigenvalue weighted by Crippen LogP contribution is -2.19. The number of nitrogen functional groups attached to an aromatic ring is 1. The fourth-order valence-electron chi connectivity index (χ4n) is 4.73. The number of hydrogen-bond acceptors (Lipinski definition) is 8. The summed E-state index contributed by atoms with van der Waals surface area (Å²) in [6.45, 7) is 0.0676. The van der Waals surface area contributed by atoms with Crippen LogP contribution in [-0.2, 0) is 16.6 Å². The number of nitrogens with two attached hydrogens (primary N) is 1. The normalized spacial score (nSPS) is 11.8. The monoisotopic (exact) mass is 572 g/mol. The van der Waals surface area contributed by atoms with Crippen LogP contribution in [0.1, 0.15) is 5.56 Å². The minimum Gasteiger partial charge on any atom is -0.383 e. The molecule has 0 saturated heterocycles. The molecule has 0 aliphatic rings. The molecule has 0 spiro atoms. The van der Waals surface area contributed by atoms with Gasteiger partial charge in [0, 0.05) is 23.5 Å². The molecule has 1 aromatic carbocycles. The number of aromatic amines is 1. The molecule has 0 fully saturated rings. The van der Waals surface area contributed by atoms with Gasteiger partial charge in [-0.3, -0.25) is 18.7 Å². The molecule has 6 rings (SSSR count). The first-order chi connectivity index (χ1) is 19.6. The minimum absolute atomic E-state index is 0.0676. The largest absolute Gasteiger partial charge is 0.383 e. The Morgan fingerprint density at radius 1 is 1.05 bits per heavy atom. The van der Waals surface area contributed by atoms with E-state index < -0.39 is 27.0 Å². The summed E-state index contributed by atoms with van der Waals surface area (Å²) in [5.41, 5.74) is 7.99. The number of anilines is 2. The van der Waals surface area contributed by atoms with E-state index in [9.17, 15) is 22.4 Å². The van der Waals surface area contributed by atoms with E-state index in [-0.39, 0.29) is 23.7 Å². The number of H-pyrrole nitrogens is 1. The fourth-order valence-corrected chi connectivity index (χ4v) is 5.28. The van der Waals surface area contributed by atoms with Crippen LogP contribution in [0, 0.1) is 5.82 Å². The quantitative estimate of drug-likeness (QED) is 0.273. The Kier molecular flexibility index (Phi) is 6.11. The summed E-state index contributed by atoms with van der Waals surface area (Å²) in [6, 6.07) is 14.9. The minimum atomic E-state index is -3.74. The number of fused-ring (bicyclic) bond motifs is 2.